The van der Waals surface area contributed by atoms with Gasteiger partial charge in [-0.15, -0.1) is 11.3 Å². The zero-order valence-electron chi connectivity index (χ0n) is 11.5. The summed E-state index contributed by atoms with van der Waals surface area (Å²) >= 11 is 1.44. The smallest absolute Gasteiger partial charge is 0.357 e. The second kappa shape index (κ2) is 6.86. The average molecular weight is 283 g/mol. The van der Waals surface area contributed by atoms with Crippen LogP contribution in [0.1, 0.15) is 36.2 Å². The first-order valence-electron chi connectivity index (χ1n) is 6.68. The van der Waals surface area contributed by atoms with Crippen LogP contribution in [0.15, 0.2) is 5.38 Å². The molecule has 1 saturated carbocycles. The van der Waals surface area contributed by atoms with Crippen molar-refractivity contribution in [3.8, 4) is 0 Å². The predicted molar refractivity (Wildman–Crippen MR) is 76.8 cm³/mol. The van der Waals surface area contributed by atoms with Crippen molar-refractivity contribution in [1.29, 1.82) is 0 Å². The number of nitrogens with one attached hydrogen (secondary N) is 1. The maximum Gasteiger partial charge on any atom is 0.357 e. The zero-order valence-corrected chi connectivity index (χ0v) is 12.3. The molecule has 0 saturated heterocycles. The normalized spacial score (nSPS) is 15.9. The standard InChI is InChI=1S/C13H21N3O2S/c1-16(10-5-3-4-6-10)8-7-14-13-15-11(9-19-13)12(17)18-2/h9-10H,3-8H2,1-2H3,(H,14,15). The van der Waals surface area contributed by atoms with Gasteiger partial charge in [-0.2, -0.15) is 0 Å². The van der Waals surface area contributed by atoms with Crippen molar-refractivity contribution < 1.29 is 9.53 Å². The number of nitrogens with zero attached hydrogens (tertiary/aromatic N) is 2. The van der Waals surface area contributed by atoms with Crippen LogP contribution in [-0.2, 0) is 4.74 Å². The number of hydrogen-bond acceptors (Lipinski definition) is 6. The van der Waals surface area contributed by atoms with E-state index in [0.29, 0.717) is 5.69 Å². The van der Waals surface area contributed by atoms with Crippen LogP contribution in [0.25, 0.3) is 0 Å². The molecule has 1 aromatic heterocycles. The van der Waals surface area contributed by atoms with E-state index in [0.717, 1.165) is 24.3 Å². The topological polar surface area (TPSA) is 54.5 Å². The van der Waals surface area contributed by atoms with Crippen LogP contribution in [0.3, 0.4) is 0 Å². The van der Waals surface area contributed by atoms with Crippen molar-refractivity contribution in [3.05, 3.63) is 11.1 Å². The minimum absolute atomic E-state index is 0.374. The lowest BCUT2D eigenvalue weighted by atomic mass is 10.2. The summed E-state index contributed by atoms with van der Waals surface area (Å²) in [4.78, 5) is 17.9. The average Bonchev–Trinajstić information content (AvgIpc) is 3.08. The monoisotopic (exact) mass is 283 g/mol. The Labute approximate surface area is 118 Å². The lowest BCUT2D eigenvalue weighted by Crippen LogP contribution is -2.33. The van der Waals surface area contributed by atoms with Crippen LogP contribution >= 0.6 is 11.3 Å². The largest absolute Gasteiger partial charge is 0.464 e. The summed E-state index contributed by atoms with van der Waals surface area (Å²) in [6.07, 6.45) is 5.36. The number of anilines is 1. The molecule has 5 nitrogen and oxygen atoms in total. The molecular formula is C13H21N3O2S. The summed E-state index contributed by atoms with van der Waals surface area (Å²) < 4.78 is 4.63. The third-order valence-corrected chi connectivity index (χ3v) is 4.39. The number of ether oxygens (including phenoxy) is 1. The highest BCUT2D eigenvalue weighted by atomic mass is 32.1. The molecule has 2 rings (SSSR count). The first kappa shape index (κ1) is 14.3. The Kier molecular flexibility index (Phi) is 5.15. The van der Waals surface area contributed by atoms with Crippen molar-refractivity contribution in [2.75, 3.05) is 32.6 Å². The highest BCUT2D eigenvalue weighted by Crippen LogP contribution is 2.22. The van der Waals surface area contributed by atoms with E-state index in [1.807, 2.05) is 0 Å². The molecule has 1 aliphatic rings. The molecule has 1 aliphatic carbocycles. The van der Waals surface area contributed by atoms with E-state index in [1.165, 1.54) is 44.1 Å². The van der Waals surface area contributed by atoms with Gasteiger partial charge in [0.05, 0.1) is 7.11 Å². The molecule has 1 heterocycles. The SMILES string of the molecule is COC(=O)c1csc(NCCN(C)C2CCCC2)n1. The third-order valence-electron chi connectivity index (χ3n) is 3.59. The Morgan fingerprint density at radius 3 is 3.00 bits per heavy atom. The van der Waals surface area contributed by atoms with E-state index >= 15 is 0 Å². The van der Waals surface area contributed by atoms with Crippen LogP contribution in [0.2, 0.25) is 0 Å². The minimum atomic E-state index is -0.382. The molecule has 106 valence electrons. The lowest BCUT2D eigenvalue weighted by Gasteiger charge is -2.23. The highest BCUT2D eigenvalue weighted by molar-refractivity contribution is 7.13. The number of carbonyl (C=O) groups excluding carboxylic acids is 1. The van der Waals surface area contributed by atoms with E-state index in [-0.39, 0.29) is 5.97 Å². The van der Waals surface area contributed by atoms with E-state index in [9.17, 15) is 4.79 Å². The number of carbonyl (C=O) groups is 1. The number of esters is 1. The fourth-order valence-electron chi connectivity index (χ4n) is 2.42. The van der Waals surface area contributed by atoms with Crippen molar-refractivity contribution >= 4 is 22.4 Å². The molecule has 1 aromatic rings. The Bertz CT molecular complexity index is 416. The lowest BCUT2D eigenvalue weighted by molar-refractivity contribution is 0.0595. The maximum absolute atomic E-state index is 11.3. The fraction of sp³-hybridized carbons (Fsp3) is 0.692. The molecule has 19 heavy (non-hydrogen) atoms. The molecule has 1 fully saturated rings. The predicted octanol–water partition coefficient (Wildman–Crippen LogP) is 2.22. The van der Waals surface area contributed by atoms with Gasteiger partial charge in [0.15, 0.2) is 10.8 Å². The summed E-state index contributed by atoms with van der Waals surface area (Å²) in [5, 5.41) is 5.75. The summed E-state index contributed by atoms with van der Waals surface area (Å²) in [5.41, 5.74) is 0.374. The number of thiazole rings is 1. The van der Waals surface area contributed by atoms with Gasteiger partial charge in [0.1, 0.15) is 0 Å². The second-order valence-electron chi connectivity index (χ2n) is 4.88. The number of rotatable bonds is 6. The maximum atomic E-state index is 11.3. The summed E-state index contributed by atoms with van der Waals surface area (Å²) in [7, 11) is 3.55. The van der Waals surface area contributed by atoms with Crippen LogP contribution in [0, 0.1) is 0 Å². The van der Waals surface area contributed by atoms with Crippen LogP contribution in [0.5, 0.6) is 0 Å². The van der Waals surface area contributed by atoms with Gasteiger partial charge < -0.3 is 15.0 Å². The Hall–Kier alpha value is -1.14. The van der Waals surface area contributed by atoms with Gasteiger partial charge in [-0.1, -0.05) is 12.8 Å². The van der Waals surface area contributed by atoms with Crippen LogP contribution in [0.4, 0.5) is 5.13 Å². The van der Waals surface area contributed by atoms with Crippen LogP contribution in [-0.4, -0.2) is 49.1 Å². The Morgan fingerprint density at radius 2 is 2.32 bits per heavy atom. The van der Waals surface area contributed by atoms with Gasteiger partial charge in [-0.25, -0.2) is 9.78 Å². The van der Waals surface area contributed by atoms with Gasteiger partial charge in [-0.3, -0.25) is 0 Å². The van der Waals surface area contributed by atoms with Crippen LogP contribution < -0.4 is 5.32 Å². The molecule has 0 unspecified atom stereocenters. The van der Waals surface area contributed by atoms with E-state index in [4.69, 9.17) is 0 Å². The minimum Gasteiger partial charge on any atom is -0.464 e. The van der Waals surface area contributed by atoms with Gasteiger partial charge in [0.25, 0.3) is 0 Å². The van der Waals surface area contributed by atoms with E-state index in [2.05, 4.69) is 27.0 Å². The quantitative estimate of drug-likeness (QED) is 0.811. The fourth-order valence-corrected chi connectivity index (χ4v) is 3.13. The molecular weight excluding hydrogens is 262 g/mol. The number of methoxy groups -OCH3 is 1. The van der Waals surface area contributed by atoms with E-state index in [1.54, 1.807) is 5.38 Å². The van der Waals surface area contributed by atoms with Crippen molar-refractivity contribution in [1.82, 2.24) is 9.88 Å². The molecule has 6 heteroatoms. The third kappa shape index (κ3) is 3.91. The molecule has 1 N–H and O–H groups in total. The Balaban J connectivity index is 1.73. The molecule has 0 aromatic carbocycles. The van der Waals surface area contributed by atoms with Gasteiger partial charge >= 0.3 is 5.97 Å². The molecule has 0 amide bonds. The van der Waals surface area contributed by atoms with E-state index < -0.39 is 0 Å². The first-order chi connectivity index (χ1) is 9.20. The van der Waals surface area contributed by atoms with Gasteiger partial charge in [0.2, 0.25) is 0 Å². The summed E-state index contributed by atoms with van der Waals surface area (Å²) in [6.45, 7) is 1.85. The van der Waals surface area contributed by atoms with Crippen molar-refractivity contribution in [2.24, 2.45) is 0 Å². The van der Waals surface area contributed by atoms with Gasteiger partial charge in [0, 0.05) is 24.5 Å². The molecule has 0 spiro atoms. The number of likely N-dealkylation sites (N-methyl/N-ethyl adjacent to an activating group) is 1. The molecule has 0 radical (unpaired) electrons. The van der Waals surface area contributed by atoms with Crippen molar-refractivity contribution in [2.45, 2.75) is 31.7 Å². The summed E-state index contributed by atoms with van der Waals surface area (Å²) in [6, 6.07) is 0.740. The number of aromatic nitrogens is 1. The Morgan fingerprint density at radius 1 is 1.58 bits per heavy atom. The molecule has 0 bridgehead atoms. The van der Waals surface area contributed by atoms with Gasteiger partial charge in [-0.05, 0) is 19.9 Å². The highest BCUT2D eigenvalue weighted by Gasteiger charge is 2.19. The zero-order chi connectivity index (χ0) is 13.7. The summed E-state index contributed by atoms with van der Waals surface area (Å²) in [5.74, 6) is -0.382. The molecule has 0 atom stereocenters. The number of hydrogen-bond donors (Lipinski definition) is 1. The molecule has 0 aliphatic heterocycles. The second-order valence-corrected chi connectivity index (χ2v) is 5.73. The van der Waals surface area contributed by atoms with Crippen molar-refractivity contribution in [3.63, 3.8) is 0 Å². The first-order valence-corrected chi connectivity index (χ1v) is 7.56.